The van der Waals surface area contributed by atoms with Crippen LogP contribution in [0.3, 0.4) is 0 Å². The van der Waals surface area contributed by atoms with E-state index < -0.39 is 0 Å². The molecule has 0 bridgehead atoms. The van der Waals surface area contributed by atoms with Gasteiger partial charge in [-0.25, -0.2) is 0 Å². The molecule has 4 rings (SSSR count). The van der Waals surface area contributed by atoms with Crippen molar-refractivity contribution in [2.24, 2.45) is 0 Å². The third-order valence-electron chi connectivity index (χ3n) is 5.52. The Kier molecular flexibility index (Phi) is 6.39. The third-order valence-corrected chi connectivity index (χ3v) is 5.92. The van der Waals surface area contributed by atoms with E-state index in [2.05, 4.69) is 78.9 Å². The van der Waals surface area contributed by atoms with Gasteiger partial charge in [0.05, 0.1) is 12.2 Å². The predicted molar refractivity (Wildman–Crippen MR) is 127 cm³/mol. The lowest BCUT2D eigenvalue weighted by Crippen LogP contribution is -3.09. The van der Waals surface area contributed by atoms with Gasteiger partial charge in [0.25, 0.3) is 0 Å². The highest BCUT2D eigenvalue weighted by molar-refractivity contribution is 7.71. The Balaban J connectivity index is 1.77. The molecule has 1 N–H and O–H groups in total. The number of nitrogens with one attached hydrogen (secondary N) is 1. The van der Waals surface area contributed by atoms with Crippen LogP contribution in [0.25, 0.3) is 17.1 Å². The Morgan fingerprint density at radius 1 is 1.00 bits per heavy atom. The molecule has 31 heavy (non-hydrogen) atoms. The fourth-order valence-corrected chi connectivity index (χ4v) is 4.15. The number of rotatable bonds is 7. The lowest BCUT2D eigenvalue weighted by Gasteiger charge is -2.17. The first kappa shape index (κ1) is 21.2. The number of quaternary nitrogens is 1. The summed E-state index contributed by atoms with van der Waals surface area (Å²) in [5.74, 6) is 0.820. The van der Waals surface area contributed by atoms with E-state index in [9.17, 15) is 0 Å². The van der Waals surface area contributed by atoms with Crippen molar-refractivity contribution < 1.29 is 4.90 Å². The third kappa shape index (κ3) is 4.65. The Morgan fingerprint density at radius 3 is 2.48 bits per heavy atom. The van der Waals surface area contributed by atoms with Gasteiger partial charge in [0, 0.05) is 23.5 Å². The summed E-state index contributed by atoms with van der Waals surface area (Å²) in [6, 6.07) is 21.0. The molecule has 5 nitrogen and oxygen atoms in total. The summed E-state index contributed by atoms with van der Waals surface area (Å²) in [6.07, 6.45) is 3.62. The SMILES string of the molecule is CC[NH+](Cc1ccccc1)Cn1nc(-c2cccnc2)n(-c2ccc(C)cc2C)c1=S. The van der Waals surface area contributed by atoms with E-state index in [-0.39, 0.29) is 0 Å². The van der Waals surface area contributed by atoms with Crippen LogP contribution >= 0.6 is 12.2 Å². The van der Waals surface area contributed by atoms with Crippen LogP contribution in [0.15, 0.2) is 73.1 Å². The average Bonchev–Trinajstić information content (AvgIpc) is 3.10. The van der Waals surface area contributed by atoms with Crippen molar-refractivity contribution in [1.29, 1.82) is 0 Å². The largest absolute Gasteiger partial charge is 0.313 e. The first-order valence-corrected chi connectivity index (χ1v) is 11.0. The second-order valence-electron chi connectivity index (χ2n) is 7.90. The molecular formula is C25H28N5S+. The van der Waals surface area contributed by atoms with Gasteiger partial charge in [0.2, 0.25) is 4.77 Å². The first-order chi connectivity index (χ1) is 15.1. The van der Waals surface area contributed by atoms with E-state index in [1.807, 2.05) is 23.0 Å². The van der Waals surface area contributed by atoms with Gasteiger partial charge in [-0.2, -0.15) is 4.68 Å². The number of aromatic nitrogens is 4. The Hall–Kier alpha value is -3.09. The van der Waals surface area contributed by atoms with Crippen LogP contribution < -0.4 is 4.90 Å². The molecule has 0 spiro atoms. The maximum absolute atomic E-state index is 5.95. The predicted octanol–water partition coefficient (Wildman–Crippen LogP) is 4.14. The van der Waals surface area contributed by atoms with Crippen molar-refractivity contribution in [1.82, 2.24) is 19.3 Å². The highest BCUT2D eigenvalue weighted by Crippen LogP contribution is 2.24. The maximum atomic E-state index is 5.95. The van der Waals surface area contributed by atoms with Gasteiger partial charge >= 0.3 is 0 Å². The summed E-state index contributed by atoms with van der Waals surface area (Å²) in [5.41, 5.74) is 5.72. The number of aryl methyl sites for hydroxylation is 2. The molecule has 1 atom stereocenters. The molecule has 0 fully saturated rings. The summed E-state index contributed by atoms with van der Waals surface area (Å²) in [7, 11) is 0. The summed E-state index contributed by atoms with van der Waals surface area (Å²) in [4.78, 5) is 5.70. The minimum absolute atomic E-state index is 0.699. The highest BCUT2D eigenvalue weighted by Gasteiger charge is 2.19. The van der Waals surface area contributed by atoms with Crippen molar-refractivity contribution in [2.75, 3.05) is 6.54 Å². The molecule has 0 aliphatic carbocycles. The zero-order valence-corrected chi connectivity index (χ0v) is 19.1. The van der Waals surface area contributed by atoms with E-state index >= 15 is 0 Å². The number of hydrogen-bond donors (Lipinski definition) is 1. The number of benzene rings is 2. The van der Waals surface area contributed by atoms with Crippen LogP contribution in [0.2, 0.25) is 0 Å². The number of pyridine rings is 1. The van der Waals surface area contributed by atoms with Gasteiger partial charge in [-0.1, -0.05) is 48.0 Å². The lowest BCUT2D eigenvalue weighted by atomic mass is 10.1. The fraction of sp³-hybridized carbons (Fsp3) is 0.240. The zero-order valence-electron chi connectivity index (χ0n) is 18.2. The minimum atomic E-state index is 0.699. The minimum Gasteiger partial charge on any atom is -0.313 e. The van der Waals surface area contributed by atoms with Crippen LogP contribution in [0.5, 0.6) is 0 Å². The van der Waals surface area contributed by atoms with E-state index in [1.165, 1.54) is 21.6 Å². The van der Waals surface area contributed by atoms with Crippen LogP contribution in [0.4, 0.5) is 0 Å². The molecule has 2 aromatic carbocycles. The van der Waals surface area contributed by atoms with Gasteiger partial charge in [-0.15, -0.1) is 5.10 Å². The number of hydrogen-bond acceptors (Lipinski definition) is 3. The molecule has 0 radical (unpaired) electrons. The molecule has 0 amide bonds. The molecular weight excluding hydrogens is 402 g/mol. The quantitative estimate of drug-likeness (QED) is 0.448. The molecule has 4 aromatic rings. The van der Waals surface area contributed by atoms with Crippen LogP contribution in [-0.2, 0) is 13.2 Å². The zero-order chi connectivity index (χ0) is 21.8. The first-order valence-electron chi connectivity index (χ1n) is 10.6. The van der Waals surface area contributed by atoms with E-state index in [1.54, 1.807) is 6.20 Å². The van der Waals surface area contributed by atoms with Gasteiger partial charge in [0.1, 0.15) is 6.54 Å². The fourth-order valence-electron chi connectivity index (χ4n) is 3.86. The molecule has 0 aliphatic heterocycles. The molecule has 0 saturated heterocycles. The van der Waals surface area contributed by atoms with Crippen LogP contribution in [0.1, 0.15) is 23.6 Å². The standard InChI is InChI=1S/C25H27N5S/c1-4-28(17-21-9-6-5-7-10-21)18-29-25(31)30(23-13-12-19(2)15-20(23)3)24(27-29)22-11-8-14-26-16-22/h5-16H,4,17-18H2,1-3H3/p+1. The second kappa shape index (κ2) is 9.37. The highest BCUT2D eigenvalue weighted by atomic mass is 32.1. The molecule has 2 heterocycles. The van der Waals surface area contributed by atoms with Gasteiger partial charge in [0.15, 0.2) is 12.5 Å². The molecule has 6 heteroatoms. The van der Waals surface area contributed by atoms with Crippen LogP contribution in [0, 0.1) is 18.6 Å². The molecule has 0 saturated carbocycles. The smallest absolute Gasteiger partial charge is 0.207 e. The summed E-state index contributed by atoms with van der Waals surface area (Å²) in [5, 5.41) is 4.96. The summed E-state index contributed by atoms with van der Waals surface area (Å²) >= 11 is 5.95. The van der Waals surface area contributed by atoms with Crippen molar-refractivity contribution in [3.8, 4) is 17.1 Å². The van der Waals surface area contributed by atoms with Gasteiger partial charge in [-0.05, 0) is 56.8 Å². The van der Waals surface area contributed by atoms with E-state index in [0.717, 1.165) is 30.2 Å². The average molecular weight is 431 g/mol. The van der Waals surface area contributed by atoms with Gasteiger partial charge in [-0.3, -0.25) is 9.55 Å². The normalized spacial score (nSPS) is 12.1. The topological polar surface area (TPSA) is 40.1 Å². The molecule has 0 aliphatic rings. The second-order valence-corrected chi connectivity index (χ2v) is 8.26. The summed E-state index contributed by atoms with van der Waals surface area (Å²) in [6.45, 7) is 9.04. The van der Waals surface area contributed by atoms with Crippen molar-refractivity contribution >= 4 is 12.2 Å². The number of nitrogens with zero attached hydrogens (tertiary/aromatic N) is 4. The molecule has 158 valence electrons. The van der Waals surface area contributed by atoms with Crippen LogP contribution in [-0.4, -0.2) is 25.9 Å². The lowest BCUT2D eigenvalue weighted by molar-refractivity contribution is -0.935. The van der Waals surface area contributed by atoms with Crippen molar-refractivity contribution in [2.45, 2.75) is 34.0 Å². The van der Waals surface area contributed by atoms with E-state index in [0.29, 0.717) is 11.4 Å². The summed E-state index contributed by atoms with van der Waals surface area (Å²) < 4.78 is 4.74. The van der Waals surface area contributed by atoms with Gasteiger partial charge < -0.3 is 4.90 Å². The van der Waals surface area contributed by atoms with Crippen molar-refractivity contribution in [3.05, 3.63) is 94.5 Å². The molecule has 2 aromatic heterocycles. The maximum Gasteiger partial charge on any atom is 0.207 e. The Bertz CT molecular complexity index is 1210. The monoisotopic (exact) mass is 430 g/mol. The van der Waals surface area contributed by atoms with Crippen molar-refractivity contribution in [3.63, 3.8) is 0 Å². The Labute approximate surface area is 188 Å². The van der Waals surface area contributed by atoms with E-state index in [4.69, 9.17) is 17.3 Å². The Morgan fingerprint density at radius 2 is 1.81 bits per heavy atom. The molecule has 1 unspecified atom stereocenters.